The van der Waals surface area contributed by atoms with E-state index in [1.807, 2.05) is 18.5 Å². The molecule has 4 aliphatic carbocycles. The average molecular weight is 575 g/mol. The topological polar surface area (TPSA) is 108 Å². The summed E-state index contributed by atoms with van der Waals surface area (Å²) < 4.78 is 13.4. The second-order valence-electron chi connectivity index (χ2n) is 12.9. The van der Waals surface area contributed by atoms with Gasteiger partial charge in [0.1, 0.15) is 0 Å². The van der Waals surface area contributed by atoms with Gasteiger partial charge in [0.25, 0.3) is 0 Å². The van der Waals surface area contributed by atoms with Gasteiger partial charge in [-0.2, -0.15) is 5.10 Å². The summed E-state index contributed by atoms with van der Waals surface area (Å²) in [7, 11) is 0. The van der Waals surface area contributed by atoms with E-state index in [9.17, 15) is 19.5 Å². The third kappa shape index (κ3) is 4.11. The molecule has 0 unspecified atom stereocenters. The van der Waals surface area contributed by atoms with E-state index in [0.29, 0.717) is 19.3 Å². The lowest BCUT2D eigenvalue weighted by Gasteiger charge is -2.61. The zero-order chi connectivity index (χ0) is 29.2. The van der Waals surface area contributed by atoms with Gasteiger partial charge in [-0.1, -0.05) is 40.2 Å². The molecule has 1 aromatic heterocycles. The molecule has 0 saturated heterocycles. The molecule has 0 amide bonds. The van der Waals surface area contributed by atoms with Crippen LogP contribution < -0.4 is 0 Å². The first-order chi connectivity index (χ1) is 18.9. The Morgan fingerprint density at radius 1 is 1.18 bits per heavy atom. The van der Waals surface area contributed by atoms with Crippen molar-refractivity contribution in [2.75, 3.05) is 6.61 Å². The number of alkyl halides is 1. The molecule has 0 aliphatic heterocycles. The highest BCUT2D eigenvalue weighted by atomic mass is 35.5. The first-order valence-electron chi connectivity index (χ1n) is 14.9. The average Bonchev–Trinajstić information content (AvgIpc) is 3.40. The number of halogens is 1. The zero-order valence-corrected chi connectivity index (χ0v) is 25.3. The molecule has 9 atom stereocenters. The van der Waals surface area contributed by atoms with Crippen molar-refractivity contribution >= 4 is 35.4 Å². The smallest absolute Gasteiger partial charge is 0.306 e. The van der Waals surface area contributed by atoms with Crippen LogP contribution in [-0.2, 0) is 36.8 Å². The number of ether oxygens (including phenoxy) is 2. The molecular weight excluding hydrogens is 532 g/mol. The van der Waals surface area contributed by atoms with E-state index in [1.54, 1.807) is 13.8 Å². The summed E-state index contributed by atoms with van der Waals surface area (Å²) in [5, 5.41) is 16.5. The molecule has 3 saturated carbocycles. The zero-order valence-electron chi connectivity index (χ0n) is 24.5. The monoisotopic (exact) mass is 574 g/mol. The van der Waals surface area contributed by atoms with Crippen molar-refractivity contribution in [1.29, 1.82) is 0 Å². The Morgan fingerprint density at radius 3 is 2.52 bits per heavy atom. The van der Waals surface area contributed by atoms with Gasteiger partial charge in [-0.3, -0.25) is 19.1 Å². The Bertz CT molecular complexity index is 1240. The number of aromatic nitrogens is 2. The SMILES string of the molecule is CCC(=O)OCC(=O)[C@@]1(OC(=O)CC)[C@H](C)C[C@H]2[C@H]3[C@H]([C@@H](O)C[C@@]21C)[C@@]1(C)Cc2cn(CC)nc2C=C1C[C@H]3Cl. The Morgan fingerprint density at radius 2 is 1.88 bits per heavy atom. The summed E-state index contributed by atoms with van der Waals surface area (Å²) in [6, 6.07) is 0. The maximum absolute atomic E-state index is 14.0. The number of rotatable bonds is 7. The molecule has 0 aromatic carbocycles. The summed E-state index contributed by atoms with van der Waals surface area (Å²) in [5.74, 6) is -1.97. The predicted octanol–water partition coefficient (Wildman–Crippen LogP) is 4.73. The number of carbonyl (C=O) groups excluding carboxylic acids is 3. The molecule has 8 nitrogen and oxygen atoms in total. The van der Waals surface area contributed by atoms with Crippen LogP contribution >= 0.6 is 11.6 Å². The maximum atomic E-state index is 14.0. The number of allylic oxidation sites excluding steroid dienone is 1. The van der Waals surface area contributed by atoms with Crippen LogP contribution in [0, 0.1) is 34.5 Å². The minimum atomic E-state index is -1.51. The highest BCUT2D eigenvalue weighted by Crippen LogP contribution is 2.70. The third-order valence-electron chi connectivity index (χ3n) is 10.9. The number of nitrogens with zero attached hydrogens (tertiary/aromatic N) is 2. The van der Waals surface area contributed by atoms with Gasteiger partial charge in [-0.15, -0.1) is 11.6 Å². The van der Waals surface area contributed by atoms with Crippen LogP contribution in [0.3, 0.4) is 0 Å². The molecule has 1 aromatic rings. The second kappa shape index (κ2) is 10.3. The van der Waals surface area contributed by atoms with Gasteiger partial charge in [-0.25, -0.2) is 0 Å². The molecule has 4 aliphatic rings. The van der Waals surface area contributed by atoms with Gasteiger partial charge in [0.05, 0.1) is 11.8 Å². The van der Waals surface area contributed by atoms with E-state index < -0.39 is 41.4 Å². The number of ketones is 1. The van der Waals surface area contributed by atoms with Crippen LogP contribution in [0.15, 0.2) is 11.8 Å². The van der Waals surface area contributed by atoms with Crippen LogP contribution in [0.1, 0.15) is 84.9 Å². The lowest BCUT2D eigenvalue weighted by atomic mass is 9.45. The largest absolute Gasteiger partial charge is 0.457 e. The third-order valence-corrected chi connectivity index (χ3v) is 11.3. The minimum Gasteiger partial charge on any atom is -0.457 e. The van der Waals surface area contributed by atoms with Gasteiger partial charge >= 0.3 is 11.9 Å². The number of fused-ring (bicyclic) bond motifs is 6. The van der Waals surface area contributed by atoms with Crippen molar-refractivity contribution in [3.63, 3.8) is 0 Å². The van der Waals surface area contributed by atoms with Crippen molar-refractivity contribution in [1.82, 2.24) is 9.78 Å². The minimum absolute atomic E-state index is 0.0629. The van der Waals surface area contributed by atoms with Gasteiger partial charge < -0.3 is 14.6 Å². The van der Waals surface area contributed by atoms with E-state index >= 15 is 0 Å². The van der Waals surface area contributed by atoms with Crippen molar-refractivity contribution in [2.45, 2.75) is 104 Å². The number of aliphatic hydroxyl groups is 1. The van der Waals surface area contributed by atoms with Crippen LogP contribution in [0.4, 0.5) is 0 Å². The normalized spacial score (nSPS) is 39.8. The Labute approximate surface area is 241 Å². The van der Waals surface area contributed by atoms with Gasteiger partial charge in [-0.05, 0) is 67.4 Å². The number of aryl methyl sites for hydroxylation is 1. The highest BCUT2D eigenvalue weighted by molar-refractivity contribution is 6.21. The molecule has 5 rings (SSSR count). The van der Waals surface area contributed by atoms with E-state index in [0.717, 1.165) is 18.7 Å². The second-order valence-corrected chi connectivity index (χ2v) is 13.5. The molecular formula is C31H43ClN2O6. The van der Waals surface area contributed by atoms with Crippen LogP contribution in [-0.4, -0.2) is 56.3 Å². The van der Waals surface area contributed by atoms with E-state index in [2.05, 4.69) is 26.1 Å². The molecule has 0 spiro atoms. The standard InChI is InChI=1S/C31H43ClN2O6/c1-7-25(37)39-16-24(36)31(40-26(38)8-2)17(4)10-20-27-21(32)11-19-12-22-18(15-34(9-3)33-22)13-29(19,5)28(27)23(35)14-30(20,31)6/h12,15,17,20-21,23,27-28,35H,7-11,13-14,16H2,1-6H3/t17-,20+,21-,23+,27-,28+,29+,30+,31+/m1/s1. The molecule has 3 fully saturated rings. The lowest BCUT2D eigenvalue weighted by Crippen LogP contribution is -2.66. The van der Waals surface area contributed by atoms with Crippen molar-refractivity contribution in [3.05, 3.63) is 23.0 Å². The number of hydrogen-bond acceptors (Lipinski definition) is 7. The summed E-state index contributed by atoms with van der Waals surface area (Å²) in [6.45, 7) is 11.9. The Kier molecular flexibility index (Phi) is 7.52. The molecule has 220 valence electrons. The van der Waals surface area contributed by atoms with E-state index in [-0.39, 0.29) is 47.3 Å². The molecule has 40 heavy (non-hydrogen) atoms. The molecule has 0 bridgehead atoms. The molecule has 1 N–H and O–H groups in total. The number of esters is 2. The lowest BCUT2D eigenvalue weighted by molar-refractivity contribution is -0.207. The fourth-order valence-corrected chi connectivity index (χ4v) is 9.60. The van der Waals surface area contributed by atoms with E-state index in [1.165, 1.54) is 11.1 Å². The van der Waals surface area contributed by atoms with Crippen LogP contribution in [0.2, 0.25) is 0 Å². The van der Waals surface area contributed by atoms with Crippen LogP contribution in [0.25, 0.3) is 6.08 Å². The fraction of sp³-hybridized carbons (Fsp3) is 0.742. The fourth-order valence-electron chi connectivity index (χ4n) is 9.11. The first kappa shape index (κ1) is 29.3. The quantitative estimate of drug-likeness (QED) is 0.370. The number of Topliss-reactive ketones (excluding diaryl/α,β-unsaturated/α-hetero) is 1. The summed E-state index contributed by atoms with van der Waals surface area (Å²) >= 11 is 7.26. The Hall–Kier alpha value is -2.19. The summed E-state index contributed by atoms with van der Waals surface area (Å²) in [5.41, 5.74) is 0.701. The molecule has 0 radical (unpaired) electrons. The molecule has 9 heteroatoms. The number of aliphatic hydroxyl groups excluding tert-OH is 1. The van der Waals surface area contributed by atoms with E-state index in [4.69, 9.17) is 26.2 Å². The first-order valence-corrected chi connectivity index (χ1v) is 15.3. The maximum Gasteiger partial charge on any atom is 0.306 e. The van der Waals surface area contributed by atoms with Gasteiger partial charge in [0, 0.05) is 42.3 Å². The molecule has 1 heterocycles. The highest BCUT2D eigenvalue weighted by Gasteiger charge is 2.74. The summed E-state index contributed by atoms with van der Waals surface area (Å²) in [6.07, 6.45) is 6.16. The summed E-state index contributed by atoms with van der Waals surface area (Å²) in [4.78, 5) is 38.9. The van der Waals surface area contributed by atoms with Crippen molar-refractivity contribution in [2.24, 2.45) is 34.5 Å². The number of carbonyl (C=O) groups is 3. The van der Waals surface area contributed by atoms with Crippen LogP contribution in [0.5, 0.6) is 0 Å². The Balaban J connectivity index is 1.56. The van der Waals surface area contributed by atoms with Gasteiger partial charge in [0.15, 0.2) is 12.2 Å². The van der Waals surface area contributed by atoms with Gasteiger partial charge in [0.2, 0.25) is 5.78 Å². The predicted molar refractivity (Wildman–Crippen MR) is 150 cm³/mol. The number of hydrogen-bond donors (Lipinski definition) is 1. The van der Waals surface area contributed by atoms with Crippen molar-refractivity contribution in [3.8, 4) is 0 Å². The van der Waals surface area contributed by atoms with Crippen molar-refractivity contribution < 1.29 is 29.0 Å².